The van der Waals surface area contributed by atoms with Crippen LogP contribution in [-0.4, -0.2) is 18.5 Å². The van der Waals surface area contributed by atoms with Gasteiger partial charge in [0.05, 0.1) is 18.4 Å². The van der Waals surface area contributed by atoms with Crippen molar-refractivity contribution in [3.63, 3.8) is 0 Å². The molecular formula is C16H17NO4S. The van der Waals surface area contributed by atoms with Gasteiger partial charge in [-0.1, -0.05) is 6.92 Å². The molecule has 0 atom stereocenters. The van der Waals surface area contributed by atoms with Crippen molar-refractivity contribution in [1.82, 2.24) is 0 Å². The van der Waals surface area contributed by atoms with Crippen LogP contribution in [0.5, 0.6) is 0 Å². The lowest BCUT2D eigenvalue weighted by molar-refractivity contribution is -0.111. The fourth-order valence-electron chi connectivity index (χ4n) is 1.77. The summed E-state index contributed by atoms with van der Waals surface area (Å²) in [7, 11) is 0. The van der Waals surface area contributed by atoms with Crippen molar-refractivity contribution in [2.24, 2.45) is 0 Å². The molecule has 1 amide bonds. The van der Waals surface area contributed by atoms with E-state index in [0.717, 1.165) is 11.3 Å². The second kappa shape index (κ2) is 7.61. The van der Waals surface area contributed by atoms with Crippen molar-refractivity contribution in [3.8, 4) is 0 Å². The minimum atomic E-state index is -0.427. The van der Waals surface area contributed by atoms with Gasteiger partial charge in [-0.2, -0.15) is 0 Å². The van der Waals surface area contributed by atoms with Crippen LogP contribution in [0.15, 0.2) is 35.0 Å². The molecule has 0 aliphatic heterocycles. The average molecular weight is 319 g/mol. The molecule has 6 heteroatoms. The van der Waals surface area contributed by atoms with Gasteiger partial charge in [-0.3, -0.25) is 4.79 Å². The zero-order valence-corrected chi connectivity index (χ0v) is 13.2. The fourth-order valence-corrected chi connectivity index (χ4v) is 2.75. The molecule has 0 aliphatic rings. The Labute approximate surface area is 132 Å². The Balaban J connectivity index is 2.12. The third-order valence-corrected chi connectivity index (χ3v) is 4.00. The van der Waals surface area contributed by atoms with Crippen LogP contribution in [0.2, 0.25) is 0 Å². The maximum Gasteiger partial charge on any atom is 0.341 e. The van der Waals surface area contributed by atoms with E-state index in [2.05, 4.69) is 5.32 Å². The zero-order chi connectivity index (χ0) is 15.9. The molecule has 5 nitrogen and oxygen atoms in total. The van der Waals surface area contributed by atoms with Gasteiger partial charge in [-0.15, -0.1) is 11.3 Å². The summed E-state index contributed by atoms with van der Waals surface area (Å²) < 4.78 is 10.1. The lowest BCUT2D eigenvalue weighted by atomic mass is 10.2. The molecule has 0 saturated heterocycles. The maximum atomic E-state index is 12.0. The van der Waals surface area contributed by atoms with Crippen LogP contribution in [0.4, 0.5) is 5.00 Å². The molecule has 1 N–H and O–H groups in total. The Morgan fingerprint density at radius 3 is 2.86 bits per heavy atom. The number of rotatable bonds is 6. The van der Waals surface area contributed by atoms with Crippen molar-refractivity contribution in [2.75, 3.05) is 11.9 Å². The van der Waals surface area contributed by atoms with E-state index in [-0.39, 0.29) is 5.91 Å². The summed E-state index contributed by atoms with van der Waals surface area (Å²) in [6.45, 7) is 4.03. The summed E-state index contributed by atoms with van der Waals surface area (Å²) in [5, 5.41) is 3.22. The highest BCUT2D eigenvalue weighted by Crippen LogP contribution is 2.29. The average Bonchev–Trinajstić information content (AvgIpc) is 3.14. The summed E-state index contributed by atoms with van der Waals surface area (Å²) in [6.07, 6.45) is 5.24. The number of hydrogen-bond donors (Lipinski definition) is 1. The summed E-state index contributed by atoms with van der Waals surface area (Å²) in [5.74, 6) is -0.170. The largest absolute Gasteiger partial charge is 0.465 e. The number of carbonyl (C=O) groups is 2. The summed E-state index contributed by atoms with van der Waals surface area (Å²) in [5.41, 5.74) is 0.392. The highest BCUT2D eigenvalue weighted by atomic mass is 32.1. The lowest BCUT2D eigenvalue weighted by Crippen LogP contribution is -2.11. The van der Waals surface area contributed by atoms with Crippen LogP contribution < -0.4 is 5.32 Å². The van der Waals surface area contributed by atoms with Gasteiger partial charge in [0, 0.05) is 11.0 Å². The summed E-state index contributed by atoms with van der Waals surface area (Å²) >= 11 is 1.38. The maximum absolute atomic E-state index is 12.0. The second-order valence-electron chi connectivity index (χ2n) is 4.37. The monoisotopic (exact) mass is 319 g/mol. The minimum Gasteiger partial charge on any atom is -0.465 e. The Bertz CT molecular complexity index is 670. The van der Waals surface area contributed by atoms with E-state index in [1.807, 2.05) is 6.92 Å². The lowest BCUT2D eigenvalue weighted by Gasteiger charge is -2.03. The zero-order valence-electron chi connectivity index (χ0n) is 12.4. The van der Waals surface area contributed by atoms with E-state index < -0.39 is 5.97 Å². The SMILES string of the molecule is CCOC(=O)c1cc(CC)sc1NC(=O)/C=C/c1ccco1. The number of esters is 1. The third-order valence-electron chi connectivity index (χ3n) is 2.81. The van der Waals surface area contributed by atoms with E-state index in [0.29, 0.717) is 22.9 Å². The standard InChI is InChI=1S/C16H17NO4S/c1-3-12-10-13(16(19)20-4-2)15(22-12)17-14(18)8-7-11-6-5-9-21-11/h5-10H,3-4H2,1-2H3,(H,17,18)/b8-7+. The van der Waals surface area contributed by atoms with Crippen LogP contribution in [0.25, 0.3) is 6.08 Å². The van der Waals surface area contributed by atoms with Crippen molar-refractivity contribution in [1.29, 1.82) is 0 Å². The highest BCUT2D eigenvalue weighted by Gasteiger charge is 2.17. The molecule has 0 bridgehead atoms. The number of carbonyl (C=O) groups excluding carboxylic acids is 2. The van der Waals surface area contributed by atoms with Gasteiger partial charge in [0.2, 0.25) is 5.91 Å². The number of thiophene rings is 1. The highest BCUT2D eigenvalue weighted by molar-refractivity contribution is 7.16. The van der Waals surface area contributed by atoms with Crippen molar-refractivity contribution < 1.29 is 18.7 Å². The van der Waals surface area contributed by atoms with Gasteiger partial charge >= 0.3 is 5.97 Å². The van der Waals surface area contributed by atoms with E-state index in [1.54, 1.807) is 31.2 Å². The van der Waals surface area contributed by atoms with Gasteiger partial charge in [-0.05, 0) is 37.6 Å². The predicted octanol–water partition coefficient (Wildman–Crippen LogP) is 3.73. The van der Waals surface area contributed by atoms with Crippen LogP contribution in [0.3, 0.4) is 0 Å². The molecule has 0 aromatic carbocycles. The molecule has 116 valence electrons. The molecule has 22 heavy (non-hydrogen) atoms. The quantitative estimate of drug-likeness (QED) is 0.650. The Hall–Kier alpha value is -2.34. The molecule has 0 aliphatic carbocycles. The molecule has 2 rings (SSSR count). The van der Waals surface area contributed by atoms with E-state index >= 15 is 0 Å². The van der Waals surface area contributed by atoms with Gasteiger partial charge in [0.15, 0.2) is 0 Å². The number of aryl methyl sites for hydroxylation is 1. The first-order chi connectivity index (χ1) is 10.6. The van der Waals surface area contributed by atoms with Crippen LogP contribution >= 0.6 is 11.3 Å². The number of anilines is 1. The van der Waals surface area contributed by atoms with Gasteiger partial charge in [0.1, 0.15) is 10.8 Å². The number of hydrogen-bond acceptors (Lipinski definition) is 5. The molecule has 0 saturated carbocycles. The van der Waals surface area contributed by atoms with Crippen molar-refractivity contribution in [3.05, 3.63) is 46.7 Å². The number of furan rings is 1. The molecule has 2 heterocycles. The minimum absolute atomic E-state index is 0.294. The normalized spacial score (nSPS) is 10.8. The smallest absolute Gasteiger partial charge is 0.341 e. The number of amides is 1. The van der Waals surface area contributed by atoms with Gasteiger partial charge in [0.25, 0.3) is 0 Å². The van der Waals surface area contributed by atoms with Crippen LogP contribution in [0, 0.1) is 0 Å². The topological polar surface area (TPSA) is 68.5 Å². The fraction of sp³-hybridized carbons (Fsp3) is 0.250. The van der Waals surface area contributed by atoms with Crippen LogP contribution in [0.1, 0.15) is 34.8 Å². The summed E-state index contributed by atoms with van der Waals surface area (Å²) in [6, 6.07) is 5.24. The van der Waals surface area contributed by atoms with Crippen molar-refractivity contribution in [2.45, 2.75) is 20.3 Å². The number of nitrogens with one attached hydrogen (secondary N) is 1. The molecule has 0 fully saturated rings. The molecule has 0 spiro atoms. The first kappa shape index (κ1) is 16.0. The number of ether oxygens (including phenoxy) is 1. The third kappa shape index (κ3) is 4.08. The molecule has 0 unspecified atom stereocenters. The Morgan fingerprint density at radius 1 is 1.41 bits per heavy atom. The van der Waals surface area contributed by atoms with Crippen molar-refractivity contribution >= 4 is 34.3 Å². The Kier molecular flexibility index (Phi) is 5.55. The molecule has 0 radical (unpaired) electrons. The van der Waals surface area contributed by atoms with Gasteiger partial charge in [-0.25, -0.2) is 4.79 Å². The first-order valence-corrected chi connectivity index (χ1v) is 7.78. The Morgan fingerprint density at radius 2 is 2.23 bits per heavy atom. The summed E-state index contributed by atoms with van der Waals surface area (Å²) in [4.78, 5) is 24.9. The first-order valence-electron chi connectivity index (χ1n) is 6.96. The molecule has 2 aromatic rings. The van der Waals surface area contributed by atoms with Gasteiger partial charge < -0.3 is 14.5 Å². The van der Waals surface area contributed by atoms with E-state index in [9.17, 15) is 9.59 Å². The second-order valence-corrected chi connectivity index (χ2v) is 5.50. The van der Waals surface area contributed by atoms with E-state index in [1.165, 1.54) is 23.7 Å². The van der Waals surface area contributed by atoms with E-state index in [4.69, 9.17) is 9.15 Å². The molecule has 2 aromatic heterocycles. The van der Waals surface area contributed by atoms with Crippen LogP contribution in [-0.2, 0) is 16.0 Å². The predicted molar refractivity (Wildman–Crippen MR) is 86.0 cm³/mol. The molecular weight excluding hydrogens is 302 g/mol.